The van der Waals surface area contributed by atoms with E-state index in [0.717, 1.165) is 43.6 Å². The largest absolute Gasteiger partial charge is 0.339 e. The molecule has 0 N–H and O–H groups in total. The van der Waals surface area contributed by atoms with Crippen molar-refractivity contribution in [1.29, 1.82) is 0 Å². The monoisotopic (exact) mass is 345 g/mol. The van der Waals surface area contributed by atoms with E-state index in [4.69, 9.17) is 0 Å². The van der Waals surface area contributed by atoms with E-state index in [1.165, 1.54) is 17.3 Å². The lowest BCUT2D eigenvalue weighted by molar-refractivity contribution is -0.130. The van der Waals surface area contributed by atoms with Gasteiger partial charge in [-0.15, -0.1) is 10.2 Å². The van der Waals surface area contributed by atoms with Crippen molar-refractivity contribution in [3.05, 3.63) is 36.2 Å². The van der Waals surface area contributed by atoms with Crippen LogP contribution in [0.5, 0.6) is 0 Å². The predicted molar refractivity (Wildman–Crippen MR) is 95.5 cm³/mol. The highest BCUT2D eigenvalue weighted by atomic mass is 32.2. The van der Waals surface area contributed by atoms with Gasteiger partial charge in [0, 0.05) is 31.9 Å². The summed E-state index contributed by atoms with van der Waals surface area (Å²) in [6, 6.07) is 8.19. The number of rotatable bonds is 5. The normalized spacial score (nSPS) is 15.7. The van der Waals surface area contributed by atoms with Crippen molar-refractivity contribution in [3.8, 4) is 5.69 Å². The van der Waals surface area contributed by atoms with Gasteiger partial charge in [0.1, 0.15) is 6.33 Å². The van der Waals surface area contributed by atoms with Crippen molar-refractivity contribution < 1.29 is 4.79 Å². The number of thioether (sulfide) groups is 1. The molecule has 3 rings (SSSR count). The number of likely N-dealkylation sites (N-methyl/N-ethyl adjacent to an activating group) is 1. The van der Waals surface area contributed by atoms with Gasteiger partial charge in [-0.3, -0.25) is 9.36 Å². The zero-order valence-corrected chi connectivity index (χ0v) is 15.0. The fourth-order valence-corrected chi connectivity index (χ4v) is 3.57. The second-order valence-corrected chi connectivity index (χ2v) is 6.87. The van der Waals surface area contributed by atoms with Gasteiger partial charge in [0.25, 0.3) is 0 Å². The van der Waals surface area contributed by atoms with Gasteiger partial charge in [-0.1, -0.05) is 36.4 Å². The van der Waals surface area contributed by atoms with Crippen LogP contribution in [0.3, 0.4) is 0 Å². The lowest BCUT2D eigenvalue weighted by Crippen LogP contribution is -2.49. The molecule has 1 aliphatic heterocycles. The summed E-state index contributed by atoms with van der Waals surface area (Å²) in [5, 5.41) is 8.90. The van der Waals surface area contributed by atoms with Gasteiger partial charge < -0.3 is 9.80 Å². The molecule has 128 valence electrons. The number of aryl methyl sites for hydroxylation is 1. The van der Waals surface area contributed by atoms with Crippen LogP contribution >= 0.6 is 11.8 Å². The van der Waals surface area contributed by atoms with Gasteiger partial charge in [-0.25, -0.2) is 0 Å². The molecule has 0 unspecified atom stereocenters. The van der Waals surface area contributed by atoms with E-state index in [1.54, 1.807) is 6.33 Å². The number of hydrogen-bond donors (Lipinski definition) is 0. The molecule has 0 atom stereocenters. The van der Waals surface area contributed by atoms with Crippen LogP contribution in [-0.2, 0) is 4.79 Å². The summed E-state index contributed by atoms with van der Waals surface area (Å²) in [5.41, 5.74) is 2.22. The Morgan fingerprint density at radius 3 is 2.54 bits per heavy atom. The van der Waals surface area contributed by atoms with E-state index >= 15 is 0 Å². The highest BCUT2D eigenvalue weighted by Gasteiger charge is 2.20. The minimum Gasteiger partial charge on any atom is -0.339 e. The van der Waals surface area contributed by atoms with Gasteiger partial charge in [0.05, 0.1) is 5.75 Å². The minimum atomic E-state index is 0.175. The van der Waals surface area contributed by atoms with Gasteiger partial charge in [-0.05, 0) is 25.6 Å². The summed E-state index contributed by atoms with van der Waals surface area (Å²) >= 11 is 1.45. The average Bonchev–Trinajstić information content (AvgIpc) is 3.09. The molecule has 6 nitrogen and oxygen atoms in total. The van der Waals surface area contributed by atoms with Crippen LogP contribution in [0.1, 0.15) is 12.5 Å². The van der Waals surface area contributed by atoms with Crippen molar-refractivity contribution in [3.63, 3.8) is 0 Å². The van der Waals surface area contributed by atoms with Gasteiger partial charge >= 0.3 is 0 Å². The maximum Gasteiger partial charge on any atom is 0.233 e. The molecule has 0 aliphatic carbocycles. The average molecular weight is 345 g/mol. The third-order valence-corrected chi connectivity index (χ3v) is 5.25. The van der Waals surface area contributed by atoms with Crippen LogP contribution in [0.25, 0.3) is 5.69 Å². The molecule has 1 amide bonds. The lowest BCUT2D eigenvalue weighted by Gasteiger charge is -2.34. The van der Waals surface area contributed by atoms with Crippen LogP contribution in [0.2, 0.25) is 0 Å². The topological polar surface area (TPSA) is 54.3 Å². The Bertz CT molecular complexity index is 677. The summed E-state index contributed by atoms with van der Waals surface area (Å²) in [5.74, 6) is 0.575. The molecule has 1 aliphatic rings. The van der Waals surface area contributed by atoms with Crippen molar-refractivity contribution >= 4 is 17.7 Å². The Morgan fingerprint density at radius 1 is 1.17 bits per heavy atom. The summed E-state index contributed by atoms with van der Waals surface area (Å²) in [6.07, 6.45) is 1.69. The van der Waals surface area contributed by atoms with Crippen molar-refractivity contribution in [1.82, 2.24) is 24.6 Å². The molecule has 0 spiro atoms. The van der Waals surface area contributed by atoms with Crippen LogP contribution < -0.4 is 0 Å². The third kappa shape index (κ3) is 3.96. The van der Waals surface area contributed by atoms with Gasteiger partial charge in [0.15, 0.2) is 5.16 Å². The first-order chi connectivity index (χ1) is 11.7. The molecule has 0 radical (unpaired) electrons. The molecule has 0 bridgehead atoms. The number of amides is 1. The Hall–Kier alpha value is -1.86. The van der Waals surface area contributed by atoms with Crippen molar-refractivity contribution in [2.75, 3.05) is 38.5 Å². The first-order valence-corrected chi connectivity index (χ1v) is 9.26. The maximum absolute atomic E-state index is 12.4. The Balaban J connectivity index is 1.58. The Labute approximate surface area is 146 Å². The molecular formula is C17H23N5OS. The van der Waals surface area contributed by atoms with E-state index < -0.39 is 0 Å². The molecular weight excluding hydrogens is 322 g/mol. The second kappa shape index (κ2) is 7.81. The maximum atomic E-state index is 12.4. The van der Waals surface area contributed by atoms with Crippen LogP contribution in [0, 0.1) is 6.92 Å². The molecule has 7 heteroatoms. The van der Waals surface area contributed by atoms with Gasteiger partial charge in [-0.2, -0.15) is 0 Å². The van der Waals surface area contributed by atoms with E-state index in [-0.39, 0.29) is 5.91 Å². The highest BCUT2D eigenvalue weighted by Crippen LogP contribution is 2.20. The molecule has 0 saturated carbocycles. The van der Waals surface area contributed by atoms with E-state index in [0.29, 0.717) is 5.75 Å². The SMILES string of the molecule is CCN1CCN(C(=O)CSc2nncn2-c2ccc(C)cc2)CC1. The smallest absolute Gasteiger partial charge is 0.233 e. The molecule has 1 saturated heterocycles. The molecule has 1 aromatic carbocycles. The number of aromatic nitrogens is 3. The molecule has 2 heterocycles. The number of carbonyl (C=O) groups is 1. The lowest BCUT2D eigenvalue weighted by atomic mass is 10.2. The van der Waals surface area contributed by atoms with Crippen LogP contribution in [-0.4, -0.2) is 68.9 Å². The quantitative estimate of drug-likeness (QED) is 0.774. The third-order valence-electron chi connectivity index (χ3n) is 4.33. The van der Waals surface area contributed by atoms with Gasteiger partial charge in [0.2, 0.25) is 5.91 Å². The summed E-state index contributed by atoms with van der Waals surface area (Å²) in [7, 11) is 0. The van der Waals surface area contributed by atoms with E-state index in [9.17, 15) is 4.79 Å². The second-order valence-electron chi connectivity index (χ2n) is 5.92. The summed E-state index contributed by atoms with van der Waals surface area (Å²) < 4.78 is 1.92. The predicted octanol–water partition coefficient (Wildman–Crippen LogP) is 1.83. The molecule has 1 fully saturated rings. The zero-order valence-electron chi connectivity index (χ0n) is 14.2. The number of benzene rings is 1. The Morgan fingerprint density at radius 2 is 1.88 bits per heavy atom. The van der Waals surface area contributed by atoms with E-state index in [2.05, 4.69) is 41.1 Å². The standard InChI is InChI=1S/C17H23N5OS/c1-3-20-8-10-21(11-9-20)16(23)12-24-17-19-18-13-22(17)15-6-4-14(2)5-7-15/h4-7,13H,3,8-12H2,1-2H3. The first kappa shape index (κ1) is 17.0. The van der Waals surface area contributed by atoms with Crippen molar-refractivity contribution in [2.24, 2.45) is 0 Å². The highest BCUT2D eigenvalue weighted by molar-refractivity contribution is 7.99. The first-order valence-electron chi connectivity index (χ1n) is 8.27. The summed E-state index contributed by atoms with van der Waals surface area (Å²) in [6.45, 7) is 8.83. The minimum absolute atomic E-state index is 0.175. The number of carbonyl (C=O) groups excluding carboxylic acids is 1. The van der Waals surface area contributed by atoms with Crippen molar-refractivity contribution in [2.45, 2.75) is 19.0 Å². The van der Waals surface area contributed by atoms with E-state index in [1.807, 2.05) is 21.6 Å². The number of hydrogen-bond acceptors (Lipinski definition) is 5. The Kier molecular flexibility index (Phi) is 5.52. The van der Waals surface area contributed by atoms with Crippen LogP contribution in [0.15, 0.2) is 35.7 Å². The molecule has 24 heavy (non-hydrogen) atoms. The summed E-state index contributed by atoms with van der Waals surface area (Å²) in [4.78, 5) is 16.7. The van der Waals surface area contributed by atoms with Crippen LogP contribution in [0.4, 0.5) is 0 Å². The molecule has 1 aromatic heterocycles. The number of piperazine rings is 1. The molecule has 2 aromatic rings. The number of nitrogens with zero attached hydrogens (tertiary/aromatic N) is 5. The fourth-order valence-electron chi connectivity index (χ4n) is 2.74. The fraction of sp³-hybridized carbons (Fsp3) is 0.471. The zero-order chi connectivity index (χ0) is 16.9.